The molecule has 4 rings (SSSR count). The Morgan fingerprint density at radius 3 is 2.47 bits per heavy atom. The number of para-hydroxylation sites is 1. The molecule has 34 heavy (non-hydrogen) atoms. The van der Waals surface area contributed by atoms with E-state index >= 15 is 0 Å². The van der Waals surface area contributed by atoms with Crippen molar-refractivity contribution in [2.75, 3.05) is 13.7 Å². The summed E-state index contributed by atoms with van der Waals surface area (Å²) in [5.41, 5.74) is 5.40. The van der Waals surface area contributed by atoms with Crippen LogP contribution in [0.4, 0.5) is 0 Å². The van der Waals surface area contributed by atoms with Gasteiger partial charge >= 0.3 is 5.97 Å². The van der Waals surface area contributed by atoms with E-state index in [9.17, 15) is 4.79 Å². The van der Waals surface area contributed by atoms with E-state index in [2.05, 4.69) is 28.1 Å². The number of benzene rings is 3. The summed E-state index contributed by atoms with van der Waals surface area (Å²) in [5.74, 6) is 0.194. The molecule has 0 saturated heterocycles. The minimum atomic E-state index is -1.03. The first kappa shape index (κ1) is 23.6. The highest BCUT2D eigenvalue weighted by atomic mass is 79.9. The van der Waals surface area contributed by atoms with Crippen molar-refractivity contribution >= 4 is 21.9 Å². The third-order valence-corrected chi connectivity index (χ3v) is 6.36. The lowest BCUT2D eigenvalue weighted by Gasteiger charge is -2.11. The number of aliphatic carboxylic acids is 1. The fraction of sp³-hybridized carbons (Fsp3) is 0.185. The first-order chi connectivity index (χ1) is 16.5. The maximum Gasteiger partial charge on any atom is 0.341 e. The molecule has 0 spiro atoms. The molecule has 174 valence electrons. The Morgan fingerprint density at radius 1 is 1.00 bits per heavy atom. The Morgan fingerprint density at radius 2 is 1.74 bits per heavy atom. The summed E-state index contributed by atoms with van der Waals surface area (Å²) in [5, 5.41) is 14.0. The van der Waals surface area contributed by atoms with Gasteiger partial charge in [0.1, 0.15) is 11.5 Å². The number of carboxylic acids is 1. The van der Waals surface area contributed by atoms with Gasteiger partial charge in [-0.3, -0.25) is 4.68 Å². The van der Waals surface area contributed by atoms with Crippen LogP contribution >= 0.6 is 15.9 Å². The first-order valence-corrected chi connectivity index (χ1v) is 11.7. The number of ether oxygens (including phenoxy) is 2. The van der Waals surface area contributed by atoms with E-state index in [1.54, 1.807) is 7.11 Å². The number of hydrogen-bond acceptors (Lipinski definition) is 4. The first-order valence-electron chi connectivity index (χ1n) is 10.9. The van der Waals surface area contributed by atoms with Crippen LogP contribution in [0.1, 0.15) is 11.1 Å². The van der Waals surface area contributed by atoms with Crippen molar-refractivity contribution in [1.29, 1.82) is 0 Å². The van der Waals surface area contributed by atoms with Gasteiger partial charge in [-0.15, -0.1) is 0 Å². The second kappa shape index (κ2) is 10.6. The van der Waals surface area contributed by atoms with Crippen molar-refractivity contribution in [1.82, 2.24) is 9.78 Å². The average molecular weight is 521 g/mol. The van der Waals surface area contributed by atoms with Crippen LogP contribution in [-0.4, -0.2) is 34.6 Å². The Hall–Kier alpha value is -3.58. The number of carboxylic acid groups (broad SMARTS) is 1. The summed E-state index contributed by atoms with van der Waals surface area (Å²) < 4.78 is 14.1. The number of carbonyl (C=O) groups is 1. The van der Waals surface area contributed by atoms with E-state index in [-0.39, 0.29) is 0 Å². The van der Waals surface area contributed by atoms with Crippen LogP contribution in [0.5, 0.6) is 11.5 Å². The maximum atomic E-state index is 11.1. The highest BCUT2D eigenvalue weighted by Gasteiger charge is 2.19. The van der Waals surface area contributed by atoms with Gasteiger partial charge in [-0.1, -0.05) is 58.4 Å². The summed E-state index contributed by atoms with van der Waals surface area (Å²) in [7, 11) is 1.65. The van der Waals surface area contributed by atoms with Gasteiger partial charge in [0.2, 0.25) is 0 Å². The van der Waals surface area contributed by atoms with Gasteiger partial charge < -0.3 is 14.6 Å². The molecule has 0 aliphatic rings. The molecule has 0 radical (unpaired) electrons. The van der Waals surface area contributed by atoms with Crippen LogP contribution in [0.2, 0.25) is 0 Å². The summed E-state index contributed by atoms with van der Waals surface area (Å²) in [4.78, 5) is 11.1. The third kappa shape index (κ3) is 5.31. The molecule has 7 heteroatoms. The van der Waals surface area contributed by atoms with Crippen molar-refractivity contribution < 1.29 is 19.4 Å². The van der Waals surface area contributed by atoms with E-state index in [4.69, 9.17) is 19.7 Å². The van der Waals surface area contributed by atoms with Crippen LogP contribution in [0, 0.1) is 6.92 Å². The fourth-order valence-corrected chi connectivity index (χ4v) is 4.13. The highest BCUT2D eigenvalue weighted by molar-refractivity contribution is 9.10. The summed E-state index contributed by atoms with van der Waals surface area (Å²) >= 11 is 3.59. The molecule has 1 N–H and O–H groups in total. The molecular formula is C27H25BrN2O4. The van der Waals surface area contributed by atoms with Crippen molar-refractivity contribution in [2.45, 2.75) is 19.9 Å². The van der Waals surface area contributed by atoms with Gasteiger partial charge in [0, 0.05) is 22.1 Å². The molecule has 0 atom stereocenters. The Kier molecular flexibility index (Phi) is 7.33. The van der Waals surface area contributed by atoms with Gasteiger partial charge in [-0.2, -0.15) is 5.10 Å². The monoisotopic (exact) mass is 520 g/mol. The minimum Gasteiger partial charge on any atom is -0.496 e. The molecule has 1 aromatic heterocycles. The standard InChI is InChI=1S/C27H25BrN2O4/c1-18-14-26(34-17-27(31)32)21(15-22(18)28)23-16-24(20-10-6-7-11-25(20)33-2)30(29-23)13-12-19-8-4-3-5-9-19/h3-11,14-16H,12-13,17H2,1-2H3,(H,31,32). The Balaban J connectivity index is 1.80. The van der Waals surface area contributed by atoms with E-state index in [1.165, 1.54) is 5.56 Å². The quantitative estimate of drug-likeness (QED) is 0.292. The smallest absolute Gasteiger partial charge is 0.341 e. The molecule has 0 unspecified atom stereocenters. The van der Waals surface area contributed by atoms with Crippen LogP contribution in [0.3, 0.4) is 0 Å². The lowest BCUT2D eigenvalue weighted by molar-refractivity contribution is -0.139. The molecular weight excluding hydrogens is 496 g/mol. The fourth-order valence-electron chi connectivity index (χ4n) is 3.79. The lowest BCUT2D eigenvalue weighted by Crippen LogP contribution is -2.10. The molecule has 0 amide bonds. The Labute approximate surface area is 206 Å². The minimum absolute atomic E-state index is 0.428. The summed E-state index contributed by atoms with van der Waals surface area (Å²) in [6.45, 7) is 2.16. The Bertz CT molecular complexity index is 1300. The van der Waals surface area contributed by atoms with Gasteiger partial charge in [-0.05, 0) is 54.8 Å². The van der Waals surface area contributed by atoms with E-state index in [0.29, 0.717) is 23.6 Å². The van der Waals surface area contributed by atoms with Crippen LogP contribution in [0.25, 0.3) is 22.5 Å². The SMILES string of the molecule is COc1ccccc1-c1cc(-c2cc(Br)c(C)cc2OCC(=O)O)nn1CCc1ccccc1. The van der Waals surface area contributed by atoms with Crippen LogP contribution in [0.15, 0.2) is 77.3 Å². The van der Waals surface area contributed by atoms with Gasteiger partial charge in [-0.25, -0.2) is 4.79 Å². The lowest BCUT2D eigenvalue weighted by atomic mass is 10.1. The largest absolute Gasteiger partial charge is 0.496 e. The zero-order valence-electron chi connectivity index (χ0n) is 19.0. The molecule has 0 fully saturated rings. The molecule has 4 aromatic rings. The molecule has 6 nitrogen and oxygen atoms in total. The average Bonchev–Trinajstić information content (AvgIpc) is 3.27. The van der Waals surface area contributed by atoms with E-state index in [1.807, 2.05) is 72.3 Å². The number of rotatable bonds is 9. The number of methoxy groups -OCH3 is 1. The van der Waals surface area contributed by atoms with Crippen LogP contribution < -0.4 is 9.47 Å². The second-order valence-electron chi connectivity index (χ2n) is 7.85. The molecule has 3 aromatic carbocycles. The molecule has 0 bridgehead atoms. The summed E-state index contributed by atoms with van der Waals surface area (Å²) in [6, 6.07) is 23.8. The van der Waals surface area contributed by atoms with Gasteiger partial charge in [0.15, 0.2) is 6.61 Å². The van der Waals surface area contributed by atoms with E-state index < -0.39 is 12.6 Å². The zero-order valence-corrected chi connectivity index (χ0v) is 20.6. The number of hydrogen-bond donors (Lipinski definition) is 1. The zero-order chi connectivity index (χ0) is 24.1. The predicted molar refractivity (Wildman–Crippen MR) is 135 cm³/mol. The maximum absolute atomic E-state index is 11.1. The second-order valence-corrected chi connectivity index (χ2v) is 8.71. The van der Waals surface area contributed by atoms with E-state index in [0.717, 1.165) is 33.5 Å². The van der Waals surface area contributed by atoms with Crippen molar-refractivity contribution in [3.63, 3.8) is 0 Å². The molecule has 0 saturated carbocycles. The topological polar surface area (TPSA) is 73.6 Å². The van der Waals surface area contributed by atoms with Crippen molar-refractivity contribution in [3.05, 3.63) is 88.4 Å². The number of halogens is 1. The molecule has 0 aliphatic heterocycles. The molecule has 1 heterocycles. The normalized spacial score (nSPS) is 10.8. The van der Waals surface area contributed by atoms with Gasteiger partial charge in [0.05, 0.1) is 18.5 Å². The summed E-state index contributed by atoms with van der Waals surface area (Å²) in [6.07, 6.45) is 0.810. The highest BCUT2D eigenvalue weighted by Crippen LogP contribution is 2.38. The third-order valence-electron chi connectivity index (χ3n) is 5.51. The van der Waals surface area contributed by atoms with Crippen LogP contribution in [-0.2, 0) is 17.8 Å². The molecule has 0 aliphatic carbocycles. The van der Waals surface area contributed by atoms with Crippen molar-refractivity contribution in [3.8, 4) is 34.0 Å². The number of aryl methyl sites for hydroxylation is 3. The predicted octanol–water partition coefficient (Wildman–Crippen LogP) is 6.00. The van der Waals surface area contributed by atoms with Gasteiger partial charge in [0.25, 0.3) is 0 Å². The number of nitrogens with zero attached hydrogens (tertiary/aromatic N) is 2. The van der Waals surface area contributed by atoms with Crippen molar-refractivity contribution in [2.24, 2.45) is 0 Å². The number of aromatic nitrogens is 2.